The van der Waals surface area contributed by atoms with Gasteiger partial charge in [0.15, 0.2) is 11.0 Å². The van der Waals surface area contributed by atoms with Gasteiger partial charge in [0.2, 0.25) is 0 Å². The van der Waals surface area contributed by atoms with Crippen molar-refractivity contribution >= 4 is 34.1 Å². The minimum atomic E-state index is 0.683. The number of imidazole rings is 1. The smallest absolute Gasteiger partial charge is 0.192 e. The topological polar surface area (TPSA) is 59.4 Å². The highest BCUT2D eigenvalue weighted by atomic mass is 32.2. The van der Waals surface area contributed by atoms with Gasteiger partial charge in [0, 0.05) is 6.54 Å². The molecule has 120 valence electrons. The van der Waals surface area contributed by atoms with E-state index in [4.69, 9.17) is 0 Å². The number of hydrogen-bond acceptors (Lipinski definition) is 5. The highest BCUT2D eigenvalue weighted by molar-refractivity contribution is 7.98. The van der Waals surface area contributed by atoms with Crippen LogP contribution in [0.2, 0.25) is 0 Å². The Kier molecular flexibility index (Phi) is 4.18. The quantitative estimate of drug-likeness (QED) is 0.413. The molecule has 0 atom stereocenters. The lowest BCUT2D eigenvalue weighted by Gasteiger charge is -2.05. The number of benzene rings is 1. The molecule has 4 aromatic rings. The average Bonchev–Trinajstić information content (AvgIpc) is 3.32. The SMILES string of the molecule is C=CCn1c(SCc2nc3ccccc3[nH]2)nnc1-c1cccs1. The second kappa shape index (κ2) is 6.62. The van der Waals surface area contributed by atoms with Gasteiger partial charge < -0.3 is 4.98 Å². The number of thioether (sulfide) groups is 1. The molecule has 0 unspecified atom stereocenters. The first-order valence-electron chi connectivity index (χ1n) is 7.49. The maximum absolute atomic E-state index is 4.61. The highest BCUT2D eigenvalue weighted by Crippen LogP contribution is 2.28. The van der Waals surface area contributed by atoms with Crippen molar-refractivity contribution in [2.75, 3.05) is 0 Å². The van der Waals surface area contributed by atoms with Gasteiger partial charge in [-0.15, -0.1) is 28.1 Å². The van der Waals surface area contributed by atoms with Gasteiger partial charge in [-0.1, -0.05) is 36.0 Å². The zero-order valence-electron chi connectivity index (χ0n) is 12.8. The summed E-state index contributed by atoms with van der Waals surface area (Å²) in [5.74, 6) is 2.54. The third-order valence-corrected chi connectivity index (χ3v) is 5.39. The zero-order valence-corrected chi connectivity index (χ0v) is 14.5. The van der Waals surface area contributed by atoms with Crippen LogP contribution in [0, 0.1) is 0 Å². The van der Waals surface area contributed by atoms with E-state index in [1.54, 1.807) is 23.1 Å². The molecule has 0 fully saturated rings. The third-order valence-electron chi connectivity index (χ3n) is 3.55. The van der Waals surface area contributed by atoms with Crippen molar-refractivity contribution in [2.24, 2.45) is 0 Å². The number of nitrogens with one attached hydrogen (secondary N) is 1. The minimum absolute atomic E-state index is 0.683. The molecule has 5 nitrogen and oxygen atoms in total. The monoisotopic (exact) mass is 353 g/mol. The number of aromatic amines is 1. The first-order chi connectivity index (χ1) is 11.8. The van der Waals surface area contributed by atoms with Gasteiger partial charge in [-0.25, -0.2) is 4.98 Å². The van der Waals surface area contributed by atoms with Gasteiger partial charge in [0.1, 0.15) is 5.82 Å². The maximum atomic E-state index is 4.61. The molecule has 0 aliphatic heterocycles. The number of hydrogen-bond donors (Lipinski definition) is 1. The molecule has 0 bridgehead atoms. The second-order valence-corrected chi connectivity index (χ2v) is 7.06. The molecule has 4 rings (SSSR count). The van der Waals surface area contributed by atoms with Crippen LogP contribution in [0.3, 0.4) is 0 Å². The van der Waals surface area contributed by atoms with Gasteiger partial charge in [-0.3, -0.25) is 4.57 Å². The Bertz CT molecular complexity index is 935. The number of H-pyrrole nitrogens is 1. The van der Waals surface area contributed by atoms with E-state index in [2.05, 4.69) is 37.4 Å². The van der Waals surface area contributed by atoms with E-state index in [0.717, 1.165) is 32.7 Å². The summed E-state index contributed by atoms with van der Waals surface area (Å²) >= 11 is 3.29. The maximum Gasteiger partial charge on any atom is 0.192 e. The fraction of sp³-hybridized carbons (Fsp3) is 0.118. The number of thiophene rings is 1. The van der Waals surface area contributed by atoms with E-state index < -0.39 is 0 Å². The Morgan fingerprint density at radius 3 is 2.92 bits per heavy atom. The van der Waals surface area contributed by atoms with Crippen molar-refractivity contribution in [3.8, 4) is 10.7 Å². The molecular weight excluding hydrogens is 338 g/mol. The second-order valence-electron chi connectivity index (χ2n) is 5.17. The number of aromatic nitrogens is 5. The highest BCUT2D eigenvalue weighted by Gasteiger charge is 2.15. The van der Waals surface area contributed by atoms with Crippen molar-refractivity contribution in [3.05, 3.63) is 60.3 Å². The van der Waals surface area contributed by atoms with Gasteiger partial charge in [-0.05, 0) is 23.6 Å². The number of nitrogens with zero attached hydrogens (tertiary/aromatic N) is 4. The van der Waals surface area contributed by atoms with E-state index >= 15 is 0 Å². The van der Waals surface area contributed by atoms with Crippen molar-refractivity contribution in [3.63, 3.8) is 0 Å². The summed E-state index contributed by atoms with van der Waals surface area (Å²) in [5.41, 5.74) is 2.04. The van der Waals surface area contributed by atoms with E-state index in [0.29, 0.717) is 12.3 Å². The fourth-order valence-corrected chi connectivity index (χ4v) is 4.02. The Labute approximate surface area is 147 Å². The zero-order chi connectivity index (χ0) is 16.4. The van der Waals surface area contributed by atoms with E-state index in [1.165, 1.54) is 0 Å². The summed E-state index contributed by atoms with van der Waals surface area (Å²) in [6, 6.07) is 12.1. The largest absolute Gasteiger partial charge is 0.341 e. The average molecular weight is 353 g/mol. The predicted molar refractivity (Wildman–Crippen MR) is 99.2 cm³/mol. The predicted octanol–water partition coefficient (Wildman–Crippen LogP) is 4.36. The minimum Gasteiger partial charge on any atom is -0.341 e. The summed E-state index contributed by atoms with van der Waals surface area (Å²) in [7, 11) is 0. The Morgan fingerprint density at radius 1 is 1.21 bits per heavy atom. The standard InChI is InChI=1S/C17H15N5S2/c1-2-9-22-16(14-8-5-10-23-14)20-21-17(22)24-11-15-18-12-6-3-4-7-13(12)19-15/h2-8,10H,1,9,11H2,(H,18,19). The first-order valence-corrected chi connectivity index (χ1v) is 9.36. The first kappa shape index (κ1) is 15.2. The summed E-state index contributed by atoms with van der Waals surface area (Å²) in [5, 5.41) is 11.6. The Balaban J connectivity index is 1.58. The Hall–Kier alpha value is -2.38. The summed E-state index contributed by atoms with van der Waals surface area (Å²) in [6.45, 7) is 4.53. The van der Waals surface area contributed by atoms with Gasteiger partial charge >= 0.3 is 0 Å². The molecule has 0 saturated carbocycles. The number of para-hydroxylation sites is 2. The van der Waals surface area contributed by atoms with Crippen molar-refractivity contribution in [1.29, 1.82) is 0 Å². The van der Waals surface area contributed by atoms with Crippen molar-refractivity contribution in [1.82, 2.24) is 24.7 Å². The molecule has 0 aliphatic carbocycles. The van der Waals surface area contributed by atoms with Crippen LogP contribution in [0.1, 0.15) is 5.82 Å². The number of rotatable bonds is 6. The number of fused-ring (bicyclic) bond motifs is 1. The van der Waals surface area contributed by atoms with Crippen LogP contribution in [-0.4, -0.2) is 24.7 Å². The van der Waals surface area contributed by atoms with Crippen LogP contribution in [0.25, 0.3) is 21.7 Å². The Morgan fingerprint density at radius 2 is 2.12 bits per heavy atom. The van der Waals surface area contributed by atoms with Crippen molar-refractivity contribution < 1.29 is 0 Å². The number of allylic oxidation sites excluding steroid dienone is 1. The van der Waals surface area contributed by atoms with E-state index in [-0.39, 0.29) is 0 Å². The fourth-order valence-electron chi connectivity index (χ4n) is 2.48. The summed E-state index contributed by atoms with van der Waals surface area (Å²) < 4.78 is 2.09. The van der Waals surface area contributed by atoms with Crippen LogP contribution in [-0.2, 0) is 12.3 Å². The lowest BCUT2D eigenvalue weighted by Crippen LogP contribution is -2.00. The van der Waals surface area contributed by atoms with Crippen LogP contribution < -0.4 is 0 Å². The molecule has 0 amide bonds. The normalized spacial score (nSPS) is 11.2. The van der Waals surface area contributed by atoms with E-state index in [9.17, 15) is 0 Å². The molecule has 0 spiro atoms. The molecule has 3 aromatic heterocycles. The molecule has 24 heavy (non-hydrogen) atoms. The molecule has 0 aliphatic rings. The molecule has 7 heteroatoms. The molecule has 0 radical (unpaired) electrons. The van der Waals surface area contributed by atoms with Gasteiger partial charge in [-0.2, -0.15) is 0 Å². The molecular formula is C17H15N5S2. The van der Waals surface area contributed by atoms with Crippen molar-refractivity contribution in [2.45, 2.75) is 17.5 Å². The van der Waals surface area contributed by atoms with Gasteiger partial charge in [0.05, 0.1) is 21.7 Å². The summed E-state index contributed by atoms with van der Waals surface area (Å²) in [6.07, 6.45) is 1.87. The lowest BCUT2D eigenvalue weighted by atomic mass is 10.3. The molecule has 1 N–H and O–H groups in total. The summed E-state index contributed by atoms with van der Waals surface area (Å²) in [4.78, 5) is 9.06. The van der Waals surface area contributed by atoms with Crippen LogP contribution >= 0.6 is 23.1 Å². The molecule has 3 heterocycles. The van der Waals surface area contributed by atoms with Gasteiger partial charge in [0.25, 0.3) is 0 Å². The lowest BCUT2D eigenvalue weighted by molar-refractivity contribution is 0.731. The van der Waals surface area contributed by atoms with E-state index in [1.807, 2.05) is 41.8 Å². The van der Waals surface area contributed by atoms with Crippen LogP contribution in [0.5, 0.6) is 0 Å². The third kappa shape index (κ3) is 2.88. The molecule has 1 aromatic carbocycles. The molecule has 0 saturated heterocycles. The van der Waals surface area contributed by atoms with Crippen LogP contribution in [0.4, 0.5) is 0 Å². The van der Waals surface area contributed by atoms with Crippen LogP contribution in [0.15, 0.2) is 59.6 Å².